The van der Waals surface area contributed by atoms with Crippen LogP contribution in [0.5, 0.6) is 0 Å². The lowest BCUT2D eigenvalue weighted by Crippen LogP contribution is -2.22. The van der Waals surface area contributed by atoms with Crippen LogP contribution in [0.1, 0.15) is 43.1 Å². The van der Waals surface area contributed by atoms with Crippen molar-refractivity contribution in [2.24, 2.45) is 0 Å². The van der Waals surface area contributed by atoms with Gasteiger partial charge in [0, 0.05) is 12.6 Å². The number of rotatable bonds is 1. The van der Waals surface area contributed by atoms with Gasteiger partial charge in [-0.15, -0.1) is 0 Å². The molecule has 0 bridgehead atoms. The molecule has 1 aromatic rings. The van der Waals surface area contributed by atoms with Crippen LogP contribution in [0, 0.1) is 0 Å². The van der Waals surface area contributed by atoms with E-state index in [0.29, 0.717) is 6.04 Å². The first-order valence-electron chi connectivity index (χ1n) is 4.84. The van der Waals surface area contributed by atoms with E-state index in [1.807, 2.05) is 11.6 Å². The van der Waals surface area contributed by atoms with Crippen molar-refractivity contribution in [3.63, 3.8) is 0 Å². The summed E-state index contributed by atoms with van der Waals surface area (Å²) in [6, 6.07) is 0.684. The molecule has 70 valence electrons. The summed E-state index contributed by atoms with van der Waals surface area (Å²) in [6.07, 6.45) is 2.31. The minimum atomic E-state index is 0.190. The van der Waals surface area contributed by atoms with Crippen molar-refractivity contribution >= 4 is 0 Å². The molecule has 0 saturated heterocycles. The first kappa shape index (κ1) is 7.38. The standard InChI is InChI=1S/C9H13N3O/c1-5-8-7(4-10-5)11-12(9(8)13)6-2-3-6/h5-6,10-11H,2-4H2,1H3. The number of nitrogens with zero attached hydrogens (tertiary/aromatic N) is 1. The second kappa shape index (κ2) is 2.26. The van der Waals surface area contributed by atoms with E-state index in [9.17, 15) is 4.79 Å². The lowest BCUT2D eigenvalue weighted by molar-refractivity contribution is 0.565. The Morgan fingerprint density at radius 1 is 1.46 bits per heavy atom. The molecule has 1 unspecified atom stereocenters. The van der Waals surface area contributed by atoms with Crippen LogP contribution in [0.25, 0.3) is 0 Å². The lowest BCUT2D eigenvalue weighted by Gasteiger charge is -2.02. The molecule has 1 atom stereocenters. The molecule has 0 spiro atoms. The van der Waals surface area contributed by atoms with Gasteiger partial charge in [0.15, 0.2) is 0 Å². The molecule has 2 N–H and O–H groups in total. The van der Waals surface area contributed by atoms with E-state index in [-0.39, 0.29) is 11.6 Å². The number of nitrogens with one attached hydrogen (secondary N) is 2. The normalized spacial score (nSPS) is 26.4. The zero-order chi connectivity index (χ0) is 9.00. The van der Waals surface area contributed by atoms with Gasteiger partial charge in [-0.3, -0.25) is 9.89 Å². The van der Waals surface area contributed by atoms with Gasteiger partial charge in [-0.05, 0) is 19.8 Å². The molecule has 1 aliphatic carbocycles. The van der Waals surface area contributed by atoms with E-state index in [4.69, 9.17) is 0 Å². The van der Waals surface area contributed by atoms with Crippen LogP contribution in [0.2, 0.25) is 0 Å². The van der Waals surface area contributed by atoms with Crippen molar-refractivity contribution < 1.29 is 0 Å². The number of aromatic nitrogens is 2. The molecular formula is C9H13N3O. The van der Waals surface area contributed by atoms with E-state index in [1.165, 1.54) is 0 Å². The van der Waals surface area contributed by atoms with E-state index in [0.717, 1.165) is 30.6 Å². The molecule has 2 heterocycles. The monoisotopic (exact) mass is 179 g/mol. The number of hydrogen-bond donors (Lipinski definition) is 2. The van der Waals surface area contributed by atoms with Crippen molar-refractivity contribution in [1.82, 2.24) is 15.1 Å². The van der Waals surface area contributed by atoms with Gasteiger partial charge in [0.05, 0.1) is 17.3 Å². The fraction of sp³-hybridized carbons (Fsp3) is 0.667. The largest absolute Gasteiger partial charge is 0.304 e. The third kappa shape index (κ3) is 0.920. The summed E-state index contributed by atoms with van der Waals surface area (Å²) in [4.78, 5) is 11.8. The second-order valence-electron chi connectivity index (χ2n) is 4.01. The number of hydrogen-bond acceptors (Lipinski definition) is 2. The zero-order valence-corrected chi connectivity index (χ0v) is 7.63. The van der Waals surface area contributed by atoms with Crippen LogP contribution in [0.4, 0.5) is 0 Å². The molecule has 1 aromatic heterocycles. The van der Waals surface area contributed by atoms with Gasteiger partial charge in [0.1, 0.15) is 0 Å². The molecule has 4 nitrogen and oxygen atoms in total. The quantitative estimate of drug-likeness (QED) is 0.666. The maximum Gasteiger partial charge on any atom is 0.271 e. The number of H-pyrrole nitrogens is 1. The molecule has 13 heavy (non-hydrogen) atoms. The summed E-state index contributed by atoms with van der Waals surface area (Å²) in [5.41, 5.74) is 2.23. The van der Waals surface area contributed by atoms with E-state index < -0.39 is 0 Å². The third-order valence-electron chi connectivity index (χ3n) is 2.96. The van der Waals surface area contributed by atoms with Crippen LogP contribution in [-0.4, -0.2) is 9.78 Å². The van der Waals surface area contributed by atoms with Crippen LogP contribution < -0.4 is 10.9 Å². The van der Waals surface area contributed by atoms with Crippen molar-refractivity contribution in [3.05, 3.63) is 21.6 Å². The van der Waals surface area contributed by atoms with Crippen molar-refractivity contribution in [2.75, 3.05) is 0 Å². The molecular weight excluding hydrogens is 166 g/mol. The third-order valence-corrected chi connectivity index (χ3v) is 2.96. The molecule has 4 heteroatoms. The second-order valence-corrected chi connectivity index (χ2v) is 4.01. The molecule has 0 aromatic carbocycles. The van der Waals surface area contributed by atoms with Gasteiger partial charge in [0.25, 0.3) is 5.56 Å². The molecule has 1 fully saturated rings. The Hall–Kier alpha value is -1.03. The highest BCUT2D eigenvalue weighted by molar-refractivity contribution is 5.26. The molecule has 0 amide bonds. The average molecular weight is 179 g/mol. The fourth-order valence-corrected chi connectivity index (χ4v) is 2.04. The molecule has 0 radical (unpaired) electrons. The summed E-state index contributed by atoms with van der Waals surface area (Å²) in [5, 5.41) is 6.44. The Morgan fingerprint density at radius 2 is 2.23 bits per heavy atom. The summed E-state index contributed by atoms with van der Waals surface area (Å²) < 4.78 is 1.81. The van der Waals surface area contributed by atoms with Gasteiger partial charge in [-0.2, -0.15) is 0 Å². The van der Waals surface area contributed by atoms with E-state index in [2.05, 4.69) is 10.4 Å². The van der Waals surface area contributed by atoms with Gasteiger partial charge in [0.2, 0.25) is 0 Å². The Morgan fingerprint density at radius 3 is 2.85 bits per heavy atom. The van der Waals surface area contributed by atoms with Crippen LogP contribution in [-0.2, 0) is 6.54 Å². The SMILES string of the molecule is CC1NCc2[nH]n(C3CC3)c(=O)c21. The average Bonchev–Trinajstić information content (AvgIpc) is 2.80. The first-order chi connectivity index (χ1) is 6.27. The minimum absolute atomic E-state index is 0.190. The molecule has 3 rings (SSSR count). The van der Waals surface area contributed by atoms with E-state index >= 15 is 0 Å². The number of fused-ring (bicyclic) bond motifs is 1. The van der Waals surface area contributed by atoms with Gasteiger partial charge in [-0.25, -0.2) is 4.68 Å². The van der Waals surface area contributed by atoms with Gasteiger partial charge < -0.3 is 5.32 Å². The topological polar surface area (TPSA) is 49.8 Å². The first-order valence-corrected chi connectivity index (χ1v) is 4.84. The van der Waals surface area contributed by atoms with Crippen LogP contribution >= 0.6 is 0 Å². The maximum absolute atomic E-state index is 11.8. The summed E-state index contributed by atoms with van der Waals surface area (Å²) in [6.45, 7) is 2.85. The van der Waals surface area contributed by atoms with Gasteiger partial charge >= 0.3 is 0 Å². The molecule has 2 aliphatic rings. The smallest absolute Gasteiger partial charge is 0.271 e. The van der Waals surface area contributed by atoms with Crippen LogP contribution in [0.3, 0.4) is 0 Å². The predicted octanol–water partition coefficient (Wildman–Crippen LogP) is 0.675. The van der Waals surface area contributed by atoms with Crippen molar-refractivity contribution in [1.29, 1.82) is 0 Å². The maximum atomic E-state index is 11.8. The Bertz CT molecular complexity index is 399. The predicted molar refractivity (Wildman–Crippen MR) is 48.6 cm³/mol. The molecule has 1 aliphatic heterocycles. The molecule has 1 saturated carbocycles. The summed E-state index contributed by atoms with van der Waals surface area (Å²) in [7, 11) is 0. The van der Waals surface area contributed by atoms with Crippen molar-refractivity contribution in [3.8, 4) is 0 Å². The zero-order valence-electron chi connectivity index (χ0n) is 7.63. The van der Waals surface area contributed by atoms with Gasteiger partial charge in [-0.1, -0.05) is 0 Å². The highest BCUT2D eigenvalue weighted by Crippen LogP contribution is 2.34. The lowest BCUT2D eigenvalue weighted by atomic mass is 10.2. The Kier molecular flexibility index (Phi) is 1.28. The number of aromatic amines is 1. The highest BCUT2D eigenvalue weighted by Gasteiger charge is 2.31. The summed E-state index contributed by atoms with van der Waals surface area (Å²) >= 11 is 0. The highest BCUT2D eigenvalue weighted by atomic mass is 16.1. The van der Waals surface area contributed by atoms with E-state index in [1.54, 1.807) is 0 Å². The Labute approximate surface area is 75.9 Å². The van der Waals surface area contributed by atoms with Crippen molar-refractivity contribution in [2.45, 2.75) is 38.4 Å². The minimum Gasteiger partial charge on any atom is -0.304 e. The summed E-state index contributed by atoms with van der Waals surface area (Å²) in [5.74, 6) is 0. The Balaban J connectivity index is 2.16. The fourth-order valence-electron chi connectivity index (χ4n) is 2.04. The van der Waals surface area contributed by atoms with Crippen LogP contribution in [0.15, 0.2) is 4.79 Å².